The molecule has 2 N–H and O–H groups in total. The van der Waals surface area contributed by atoms with Crippen molar-refractivity contribution in [2.24, 2.45) is 5.92 Å². The van der Waals surface area contributed by atoms with Crippen LogP contribution >= 0.6 is 0 Å². The number of carboxylic acids is 1. The minimum Gasteiger partial charge on any atom is -0.481 e. The molecular weight excluding hydrogens is 408 g/mol. The lowest BCUT2D eigenvalue weighted by Gasteiger charge is -2.23. The van der Waals surface area contributed by atoms with Gasteiger partial charge >= 0.3 is 5.97 Å². The van der Waals surface area contributed by atoms with E-state index in [0.717, 1.165) is 53.8 Å². The quantitative estimate of drug-likeness (QED) is 0.471. The first-order chi connectivity index (χ1) is 15.5. The van der Waals surface area contributed by atoms with E-state index in [1.54, 1.807) is 11.4 Å². The highest BCUT2D eigenvalue weighted by Gasteiger charge is 2.20. The molecule has 2 unspecified atom stereocenters. The Bertz CT molecular complexity index is 1290. The zero-order valence-electron chi connectivity index (χ0n) is 18.2. The van der Waals surface area contributed by atoms with Gasteiger partial charge in [0, 0.05) is 29.8 Å². The zero-order chi connectivity index (χ0) is 22.2. The highest BCUT2D eigenvalue weighted by molar-refractivity contribution is 5.85. The van der Waals surface area contributed by atoms with Gasteiger partial charge in [-0.1, -0.05) is 13.0 Å². The van der Waals surface area contributed by atoms with E-state index in [0.29, 0.717) is 18.0 Å². The topological polar surface area (TPSA) is 107 Å². The largest absolute Gasteiger partial charge is 0.481 e. The van der Waals surface area contributed by atoms with Crippen LogP contribution in [0.2, 0.25) is 0 Å². The number of pyridine rings is 1. The summed E-state index contributed by atoms with van der Waals surface area (Å²) in [6.07, 6.45) is 3.52. The van der Waals surface area contributed by atoms with Gasteiger partial charge < -0.3 is 15.2 Å². The molecule has 0 aliphatic carbocycles. The Hall–Kier alpha value is -3.46. The Morgan fingerprint density at radius 3 is 2.94 bits per heavy atom. The summed E-state index contributed by atoms with van der Waals surface area (Å²) in [7, 11) is 0. The average Bonchev–Trinajstić information content (AvgIpc) is 3.35. The van der Waals surface area contributed by atoms with Gasteiger partial charge in [0.05, 0.1) is 17.1 Å². The van der Waals surface area contributed by atoms with Gasteiger partial charge in [-0.2, -0.15) is 10.1 Å². The summed E-state index contributed by atoms with van der Waals surface area (Å²) in [6.45, 7) is 4.46. The number of rotatable bonds is 6. The molecule has 1 saturated heterocycles. The Morgan fingerprint density at radius 1 is 1.28 bits per heavy atom. The van der Waals surface area contributed by atoms with E-state index in [-0.39, 0.29) is 6.23 Å². The van der Waals surface area contributed by atoms with Crippen LogP contribution in [0.15, 0.2) is 36.4 Å². The number of fused-ring (bicyclic) bond motifs is 2. The van der Waals surface area contributed by atoms with Gasteiger partial charge in [0.1, 0.15) is 0 Å². The number of anilines is 2. The molecule has 0 spiro atoms. The molecule has 9 nitrogen and oxygen atoms in total. The van der Waals surface area contributed by atoms with Crippen LogP contribution < -0.4 is 5.32 Å². The molecule has 0 bridgehead atoms. The van der Waals surface area contributed by atoms with Gasteiger partial charge in [-0.15, -0.1) is 5.10 Å². The van der Waals surface area contributed by atoms with Crippen molar-refractivity contribution in [3.8, 4) is 0 Å². The Labute approximate surface area is 185 Å². The molecule has 0 amide bonds. The molecule has 0 radical (unpaired) electrons. The second kappa shape index (κ2) is 8.23. The highest BCUT2D eigenvalue weighted by Crippen LogP contribution is 2.30. The van der Waals surface area contributed by atoms with Crippen molar-refractivity contribution in [1.29, 1.82) is 0 Å². The van der Waals surface area contributed by atoms with E-state index in [4.69, 9.17) is 9.84 Å². The summed E-state index contributed by atoms with van der Waals surface area (Å²) in [4.78, 5) is 15.8. The maximum atomic E-state index is 11.3. The van der Waals surface area contributed by atoms with E-state index in [2.05, 4.69) is 21.5 Å². The van der Waals surface area contributed by atoms with Crippen molar-refractivity contribution in [3.05, 3.63) is 47.8 Å². The van der Waals surface area contributed by atoms with Gasteiger partial charge in [-0.25, -0.2) is 9.20 Å². The van der Waals surface area contributed by atoms with Crippen molar-refractivity contribution in [3.63, 3.8) is 0 Å². The third-order valence-electron chi connectivity index (χ3n) is 5.95. The van der Waals surface area contributed by atoms with Crippen LogP contribution in [0.5, 0.6) is 0 Å². The third-order valence-corrected chi connectivity index (χ3v) is 5.95. The van der Waals surface area contributed by atoms with Crippen LogP contribution in [-0.2, 0) is 16.0 Å². The van der Waals surface area contributed by atoms with Crippen LogP contribution in [-0.4, -0.2) is 42.1 Å². The summed E-state index contributed by atoms with van der Waals surface area (Å²) in [5.74, 6) is -0.881. The molecule has 1 aliphatic heterocycles. The Balaban J connectivity index is 1.46. The fourth-order valence-corrected chi connectivity index (χ4v) is 4.21. The number of benzene rings is 1. The Kier molecular flexibility index (Phi) is 5.26. The maximum absolute atomic E-state index is 11.3. The van der Waals surface area contributed by atoms with Crippen LogP contribution in [0.1, 0.15) is 43.8 Å². The molecule has 1 aromatic carbocycles. The van der Waals surface area contributed by atoms with E-state index >= 15 is 0 Å². The minimum atomic E-state index is -0.831. The monoisotopic (exact) mass is 434 g/mol. The minimum absolute atomic E-state index is 0.0395. The number of aliphatic carboxylic acids is 1. The van der Waals surface area contributed by atoms with E-state index in [9.17, 15) is 9.90 Å². The fraction of sp³-hybridized carbons (Fsp3) is 0.391. The lowest BCUT2D eigenvalue weighted by atomic mass is 10.1. The first kappa shape index (κ1) is 20.4. The Morgan fingerprint density at radius 2 is 2.16 bits per heavy atom. The van der Waals surface area contributed by atoms with Gasteiger partial charge in [0.2, 0.25) is 5.95 Å². The summed E-state index contributed by atoms with van der Waals surface area (Å²) >= 11 is 0. The van der Waals surface area contributed by atoms with Crippen molar-refractivity contribution < 1.29 is 14.6 Å². The van der Waals surface area contributed by atoms with Crippen LogP contribution in [0.4, 0.5) is 11.6 Å². The second-order valence-corrected chi connectivity index (χ2v) is 8.37. The number of aryl methyl sites for hydroxylation is 1. The number of carbonyl (C=O) groups is 1. The summed E-state index contributed by atoms with van der Waals surface area (Å²) < 4.78 is 9.64. The number of hydrogen-bond acceptors (Lipinski definition) is 6. The van der Waals surface area contributed by atoms with Crippen molar-refractivity contribution in [2.75, 3.05) is 11.9 Å². The van der Waals surface area contributed by atoms with Crippen LogP contribution in [0.25, 0.3) is 16.6 Å². The molecule has 5 rings (SSSR count). The first-order valence-corrected chi connectivity index (χ1v) is 10.9. The summed E-state index contributed by atoms with van der Waals surface area (Å²) in [5, 5.41) is 22.9. The highest BCUT2D eigenvalue weighted by atomic mass is 16.5. The molecule has 4 aromatic rings. The molecule has 166 valence electrons. The van der Waals surface area contributed by atoms with Gasteiger partial charge in [-0.05, 0) is 56.5 Å². The van der Waals surface area contributed by atoms with E-state index in [1.165, 1.54) is 0 Å². The molecule has 32 heavy (non-hydrogen) atoms. The molecule has 1 fully saturated rings. The molecule has 9 heteroatoms. The van der Waals surface area contributed by atoms with E-state index < -0.39 is 11.9 Å². The van der Waals surface area contributed by atoms with Crippen molar-refractivity contribution in [2.45, 2.75) is 45.8 Å². The molecular formula is C23H26N6O3. The normalized spacial score (nSPS) is 17.6. The van der Waals surface area contributed by atoms with Gasteiger partial charge in [0.15, 0.2) is 11.9 Å². The summed E-state index contributed by atoms with van der Waals surface area (Å²) in [5.41, 5.74) is 4.31. The molecule has 1 aliphatic rings. The predicted octanol–water partition coefficient (Wildman–Crippen LogP) is 4.09. The standard InChI is InChI=1S/C23H26N6O3/c1-14(22(30)31)12-17-6-5-7-20-25-23(27-28(17)20)24-16-9-10-18-15(2)26-29(19(18)13-16)21-8-3-4-11-32-21/h5-7,9-10,13-14,21H,3-4,8,11-12H2,1-2H3,(H,24,27)(H,30,31). The van der Waals surface area contributed by atoms with Crippen LogP contribution in [0.3, 0.4) is 0 Å². The van der Waals surface area contributed by atoms with Crippen molar-refractivity contribution in [1.82, 2.24) is 24.4 Å². The smallest absolute Gasteiger partial charge is 0.306 e. The summed E-state index contributed by atoms with van der Waals surface area (Å²) in [6, 6.07) is 11.7. The lowest BCUT2D eigenvalue weighted by molar-refractivity contribution is -0.141. The number of carboxylic acid groups (broad SMARTS) is 1. The molecule has 4 heterocycles. The number of nitrogens with one attached hydrogen (secondary N) is 1. The van der Waals surface area contributed by atoms with Gasteiger partial charge in [-0.3, -0.25) is 4.79 Å². The lowest BCUT2D eigenvalue weighted by Crippen LogP contribution is -2.19. The number of ether oxygens (including phenoxy) is 1. The average molecular weight is 435 g/mol. The third kappa shape index (κ3) is 3.80. The predicted molar refractivity (Wildman–Crippen MR) is 120 cm³/mol. The number of nitrogens with zero attached hydrogens (tertiary/aromatic N) is 5. The van der Waals surface area contributed by atoms with E-state index in [1.807, 2.05) is 41.9 Å². The first-order valence-electron chi connectivity index (χ1n) is 10.9. The number of aromatic nitrogens is 5. The zero-order valence-corrected chi connectivity index (χ0v) is 18.2. The molecule has 3 aromatic heterocycles. The van der Waals surface area contributed by atoms with Crippen LogP contribution in [0, 0.1) is 12.8 Å². The SMILES string of the molecule is Cc1nn(C2CCCCO2)c2cc(Nc3nc4cccc(CC(C)C(=O)O)n4n3)ccc12. The number of hydrogen-bond donors (Lipinski definition) is 2. The molecule has 2 atom stereocenters. The van der Waals surface area contributed by atoms with Gasteiger partial charge in [0.25, 0.3) is 0 Å². The molecule has 0 saturated carbocycles. The van der Waals surface area contributed by atoms with Crippen molar-refractivity contribution >= 4 is 34.2 Å². The maximum Gasteiger partial charge on any atom is 0.306 e. The fourth-order valence-electron chi connectivity index (χ4n) is 4.21. The second-order valence-electron chi connectivity index (χ2n) is 8.37.